The average molecular weight is 558 g/mol. The van der Waals surface area contributed by atoms with E-state index < -0.39 is 35.5 Å². The second-order valence-corrected chi connectivity index (χ2v) is 10.4. The Hall–Kier alpha value is -4.86. The van der Waals surface area contributed by atoms with Gasteiger partial charge in [0, 0.05) is 52.3 Å². The Morgan fingerprint density at radius 1 is 0.951 bits per heavy atom. The van der Waals surface area contributed by atoms with Crippen LogP contribution in [0.3, 0.4) is 0 Å². The van der Waals surface area contributed by atoms with Crippen LogP contribution >= 0.6 is 0 Å². The highest BCUT2D eigenvalue weighted by Gasteiger charge is 2.25. The predicted molar refractivity (Wildman–Crippen MR) is 154 cm³/mol. The van der Waals surface area contributed by atoms with Crippen LogP contribution in [0, 0.1) is 20.8 Å². The third-order valence-electron chi connectivity index (χ3n) is 7.67. The van der Waals surface area contributed by atoms with Gasteiger partial charge in [-0.1, -0.05) is 18.2 Å². The summed E-state index contributed by atoms with van der Waals surface area (Å²) >= 11 is 0. The monoisotopic (exact) mass is 557 g/mol. The lowest BCUT2D eigenvalue weighted by Gasteiger charge is -2.19. The Balaban J connectivity index is 1.23. The average Bonchev–Trinajstić information content (AvgIpc) is 3.46. The number of carbonyl (C=O) groups is 3. The molecule has 0 saturated carbocycles. The van der Waals surface area contributed by atoms with E-state index in [1.54, 1.807) is 12.3 Å². The number of carboxylic acid groups (broad SMARTS) is 1. The van der Waals surface area contributed by atoms with Gasteiger partial charge in [0.15, 0.2) is 0 Å². The first-order valence-corrected chi connectivity index (χ1v) is 13.4. The minimum absolute atomic E-state index is 0.0570. The summed E-state index contributed by atoms with van der Waals surface area (Å²) in [5.41, 5.74) is 4.25. The summed E-state index contributed by atoms with van der Waals surface area (Å²) in [6.07, 6.45) is 1.86. The van der Waals surface area contributed by atoms with Crippen molar-refractivity contribution in [3.05, 3.63) is 81.0 Å². The lowest BCUT2D eigenvalue weighted by atomic mass is 10.0. The zero-order valence-corrected chi connectivity index (χ0v) is 23.2. The van der Waals surface area contributed by atoms with E-state index in [1.807, 2.05) is 51.1 Å². The standard InChI is InChI=1S/C31H31N3O7/c1-15-18(4)40-26-13-27-23(12-22(15)26)16(2)20(31(39)41-27)9-10-28(35)33-17(3)29(36)34-25(30(37)38)11-19-14-32-24-8-6-5-7-21(19)24/h5-8,12-14,17,25,32H,9-11H2,1-4H3,(H,33,35)(H,34,36)(H,37,38)/t17-,25-/m0/s1. The van der Waals surface area contributed by atoms with Gasteiger partial charge in [-0.3, -0.25) is 9.59 Å². The Kier molecular flexibility index (Phi) is 7.40. The fourth-order valence-electron chi connectivity index (χ4n) is 5.15. The molecule has 2 atom stereocenters. The van der Waals surface area contributed by atoms with Gasteiger partial charge in [-0.15, -0.1) is 0 Å². The maximum absolute atomic E-state index is 12.8. The first kappa shape index (κ1) is 27.7. The molecular formula is C31H31N3O7. The first-order chi connectivity index (χ1) is 19.5. The van der Waals surface area contributed by atoms with Crippen molar-refractivity contribution in [3.8, 4) is 0 Å². The fraction of sp³-hybridized carbons (Fsp3) is 0.290. The number of aromatic amines is 1. The minimum atomic E-state index is -1.18. The molecular weight excluding hydrogens is 526 g/mol. The summed E-state index contributed by atoms with van der Waals surface area (Å²) in [5, 5.41) is 17.4. The number of aromatic nitrogens is 1. The van der Waals surface area contributed by atoms with Crippen molar-refractivity contribution in [1.29, 1.82) is 0 Å². The number of H-pyrrole nitrogens is 1. The van der Waals surface area contributed by atoms with Crippen LogP contribution in [0.1, 0.15) is 41.4 Å². The van der Waals surface area contributed by atoms with Gasteiger partial charge < -0.3 is 29.6 Å². The van der Waals surface area contributed by atoms with E-state index >= 15 is 0 Å². The van der Waals surface area contributed by atoms with Crippen LogP contribution in [-0.4, -0.2) is 40.0 Å². The van der Waals surface area contributed by atoms with Crippen LogP contribution in [-0.2, 0) is 27.2 Å². The molecule has 3 aromatic heterocycles. The number of aliphatic carboxylic acids is 1. The molecule has 0 aliphatic rings. The molecule has 2 aromatic carbocycles. The van der Waals surface area contributed by atoms with Crippen molar-refractivity contribution >= 4 is 50.6 Å². The van der Waals surface area contributed by atoms with Gasteiger partial charge in [-0.25, -0.2) is 9.59 Å². The van der Waals surface area contributed by atoms with E-state index in [2.05, 4.69) is 15.6 Å². The molecule has 0 saturated heterocycles. The summed E-state index contributed by atoms with van der Waals surface area (Å²) in [5.74, 6) is -1.47. The molecule has 5 rings (SSSR count). The molecule has 0 unspecified atom stereocenters. The van der Waals surface area contributed by atoms with E-state index in [1.165, 1.54) is 6.92 Å². The number of nitrogens with one attached hydrogen (secondary N) is 3. The zero-order valence-electron chi connectivity index (χ0n) is 23.2. The van der Waals surface area contributed by atoms with Gasteiger partial charge in [0.2, 0.25) is 11.8 Å². The second-order valence-electron chi connectivity index (χ2n) is 10.4. The molecule has 0 aliphatic carbocycles. The minimum Gasteiger partial charge on any atom is -0.480 e. The van der Waals surface area contributed by atoms with Gasteiger partial charge in [-0.2, -0.15) is 0 Å². The summed E-state index contributed by atoms with van der Waals surface area (Å²) < 4.78 is 11.3. The number of amides is 2. The number of rotatable bonds is 9. The normalized spacial score (nSPS) is 13.0. The summed E-state index contributed by atoms with van der Waals surface area (Å²) in [7, 11) is 0. The zero-order chi connectivity index (χ0) is 29.4. The lowest BCUT2D eigenvalue weighted by molar-refractivity contribution is -0.142. The summed E-state index contributed by atoms with van der Waals surface area (Å²) in [6.45, 7) is 7.13. The molecule has 0 spiro atoms. The molecule has 0 fully saturated rings. The third-order valence-corrected chi connectivity index (χ3v) is 7.67. The van der Waals surface area contributed by atoms with Crippen molar-refractivity contribution < 1.29 is 28.3 Å². The molecule has 10 nitrogen and oxygen atoms in total. The first-order valence-electron chi connectivity index (χ1n) is 13.4. The number of carbonyl (C=O) groups excluding carboxylic acids is 2. The van der Waals surface area contributed by atoms with Crippen LogP contribution in [0.5, 0.6) is 0 Å². The number of aryl methyl sites for hydroxylation is 3. The van der Waals surface area contributed by atoms with Crippen molar-refractivity contribution in [1.82, 2.24) is 15.6 Å². The Bertz CT molecular complexity index is 1880. The van der Waals surface area contributed by atoms with Gasteiger partial charge in [0.05, 0.1) is 0 Å². The van der Waals surface area contributed by atoms with Crippen LogP contribution in [0.25, 0.3) is 32.8 Å². The van der Waals surface area contributed by atoms with E-state index in [0.29, 0.717) is 16.7 Å². The molecule has 2 amide bonds. The molecule has 4 N–H and O–H groups in total. The quantitative estimate of drug-likeness (QED) is 0.198. The van der Waals surface area contributed by atoms with Crippen LogP contribution in [0.15, 0.2) is 56.2 Å². The topological polar surface area (TPSA) is 155 Å². The number of hydrogen-bond acceptors (Lipinski definition) is 6. The van der Waals surface area contributed by atoms with Gasteiger partial charge in [0.1, 0.15) is 29.0 Å². The van der Waals surface area contributed by atoms with Crippen molar-refractivity contribution in [3.63, 3.8) is 0 Å². The van der Waals surface area contributed by atoms with Crippen molar-refractivity contribution in [2.45, 2.75) is 59.0 Å². The van der Waals surface area contributed by atoms with Gasteiger partial charge in [-0.05, 0) is 62.9 Å². The van der Waals surface area contributed by atoms with Crippen molar-refractivity contribution in [2.24, 2.45) is 0 Å². The van der Waals surface area contributed by atoms with E-state index in [-0.39, 0.29) is 19.3 Å². The lowest BCUT2D eigenvalue weighted by Crippen LogP contribution is -2.51. The fourth-order valence-corrected chi connectivity index (χ4v) is 5.15. The number of furan rings is 1. The van der Waals surface area contributed by atoms with Gasteiger partial charge in [0.25, 0.3) is 0 Å². The van der Waals surface area contributed by atoms with Crippen LogP contribution in [0.4, 0.5) is 0 Å². The molecule has 10 heteroatoms. The van der Waals surface area contributed by atoms with E-state index in [4.69, 9.17) is 8.83 Å². The number of benzene rings is 2. The summed E-state index contributed by atoms with van der Waals surface area (Å²) in [6, 6.07) is 8.96. The van der Waals surface area contributed by atoms with Gasteiger partial charge >= 0.3 is 11.6 Å². The second kappa shape index (κ2) is 11.0. The predicted octanol–water partition coefficient (Wildman–Crippen LogP) is 4.20. The molecule has 41 heavy (non-hydrogen) atoms. The molecule has 212 valence electrons. The number of hydrogen-bond donors (Lipinski definition) is 4. The Labute approximate surface area is 234 Å². The number of para-hydroxylation sites is 1. The Morgan fingerprint density at radius 2 is 1.66 bits per heavy atom. The van der Waals surface area contributed by atoms with Crippen LogP contribution in [0.2, 0.25) is 0 Å². The number of fused-ring (bicyclic) bond motifs is 3. The van der Waals surface area contributed by atoms with Crippen molar-refractivity contribution in [2.75, 3.05) is 0 Å². The number of carboxylic acids is 1. The molecule has 0 bridgehead atoms. The van der Waals surface area contributed by atoms with Crippen LogP contribution < -0.4 is 16.3 Å². The molecule has 3 heterocycles. The third kappa shape index (κ3) is 5.45. The maximum Gasteiger partial charge on any atom is 0.339 e. The summed E-state index contributed by atoms with van der Waals surface area (Å²) in [4.78, 5) is 53.2. The smallest absolute Gasteiger partial charge is 0.339 e. The molecule has 0 radical (unpaired) electrons. The SMILES string of the molecule is Cc1oc2cc3oc(=O)c(CCC(=O)N[C@@H](C)C(=O)N[C@@H](Cc4c[nH]c5ccccc45)C(=O)O)c(C)c3cc2c1C. The maximum atomic E-state index is 12.8. The molecule has 5 aromatic rings. The highest BCUT2D eigenvalue weighted by Crippen LogP contribution is 2.31. The van der Waals surface area contributed by atoms with E-state index in [9.17, 15) is 24.3 Å². The Morgan fingerprint density at radius 3 is 2.41 bits per heavy atom. The highest BCUT2D eigenvalue weighted by molar-refractivity contribution is 5.97. The largest absolute Gasteiger partial charge is 0.480 e. The van der Waals surface area contributed by atoms with E-state index in [0.717, 1.165) is 44.1 Å². The highest BCUT2D eigenvalue weighted by atomic mass is 16.4. The molecule has 0 aliphatic heterocycles.